The van der Waals surface area contributed by atoms with Crippen molar-refractivity contribution in [3.63, 3.8) is 0 Å². The Balaban J connectivity index is 2.07. The molecular formula is C19H32NO3+. The molecule has 23 heavy (non-hydrogen) atoms. The maximum Gasteiger partial charge on any atom is 0.315 e. The van der Waals surface area contributed by atoms with Crippen LogP contribution < -0.4 is 0 Å². The molecule has 4 heteroatoms. The summed E-state index contributed by atoms with van der Waals surface area (Å²) < 4.78 is 6.89. The van der Waals surface area contributed by atoms with E-state index < -0.39 is 5.92 Å². The van der Waals surface area contributed by atoms with Crippen molar-refractivity contribution in [1.29, 1.82) is 0 Å². The van der Waals surface area contributed by atoms with Crippen LogP contribution in [0.3, 0.4) is 0 Å². The van der Waals surface area contributed by atoms with Gasteiger partial charge in [0.15, 0.2) is 6.10 Å². The third-order valence-electron chi connectivity index (χ3n) is 6.18. The van der Waals surface area contributed by atoms with Crippen molar-refractivity contribution in [2.24, 2.45) is 5.92 Å². The van der Waals surface area contributed by atoms with Crippen molar-refractivity contribution in [3.05, 3.63) is 23.8 Å². The van der Waals surface area contributed by atoms with Crippen LogP contribution in [0.4, 0.5) is 0 Å². The maximum atomic E-state index is 12.5. The summed E-state index contributed by atoms with van der Waals surface area (Å²) in [6.07, 6.45) is 8.99. The molecule has 130 valence electrons. The van der Waals surface area contributed by atoms with Crippen LogP contribution in [0.25, 0.3) is 0 Å². The summed E-state index contributed by atoms with van der Waals surface area (Å²) in [6, 6.07) is 1.55. The second kappa shape index (κ2) is 7.18. The molecule has 1 N–H and O–H groups in total. The summed E-state index contributed by atoms with van der Waals surface area (Å²) >= 11 is 0. The van der Waals surface area contributed by atoms with Gasteiger partial charge in [-0.15, -0.1) is 0 Å². The number of nitrogens with zero attached hydrogens (tertiary/aromatic N) is 1. The molecule has 2 aliphatic rings. The Morgan fingerprint density at radius 2 is 2.09 bits per heavy atom. The van der Waals surface area contributed by atoms with E-state index in [4.69, 9.17) is 4.74 Å². The van der Waals surface area contributed by atoms with Gasteiger partial charge in [0.2, 0.25) is 0 Å². The van der Waals surface area contributed by atoms with E-state index in [1.807, 2.05) is 32.1 Å². The zero-order chi connectivity index (χ0) is 17.2. The van der Waals surface area contributed by atoms with Gasteiger partial charge in [-0.05, 0) is 27.7 Å². The van der Waals surface area contributed by atoms with E-state index in [0.717, 1.165) is 22.9 Å². The fraction of sp³-hybridized carbons (Fsp3) is 0.737. The molecule has 0 spiro atoms. The van der Waals surface area contributed by atoms with Gasteiger partial charge in [-0.3, -0.25) is 4.79 Å². The van der Waals surface area contributed by atoms with Crippen LogP contribution >= 0.6 is 0 Å². The number of fused-ring (bicyclic) bond motifs is 2. The average Bonchev–Trinajstić information content (AvgIpc) is 2.97. The van der Waals surface area contributed by atoms with Gasteiger partial charge in [-0.25, -0.2) is 0 Å². The molecular weight excluding hydrogens is 290 g/mol. The molecule has 5 unspecified atom stereocenters. The van der Waals surface area contributed by atoms with Crippen molar-refractivity contribution in [3.8, 4) is 0 Å². The summed E-state index contributed by atoms with van der Waals surface area (Å²) in [6.45, 7) is 8.12. The predicted molar refractivity (Wildman–Crippen MR) is 91.8 cm³/mol. The third kappa shape index (κ3) is 3.24. The van der Waals surface area contributed by atoms with Crippen molar-refractivity contribution in [1.82, 2.24) is 0 Å². The number of rotatable bonds is 6. The molecule has 0 aromatic carbocycles. The Bertz CT molecular complexity index is 497. The van der Waals surface area contributed by atoms with E-state index in [1.54, 1.807) is 0 Å². The van der Waals surface area contributed by atoms with Gasteiger partial charge in [0.1, 0.15) is 12.0 Å². The fourth-order valence-corrected chi connectivity index (χ4v) is 4.44. The van der Waals surface area contributed by atoms with Crippen LogP contribution in [0.15, 0.2) is 23.8 Å². The Morgan fingerprint density at radius 1 is 1.39 bits per heavy atom. The lowest BCUT2D eigenvalue weighted by atomic mass is 9.97. The molecule has 2 heterocycles. The lowest BCUT2D eigenvalue weighted by Crippen LogP contribution is -2.55. The minimum atomic E-state index is -0.553. The summed E-state index contributed by atoms with van der Waals surface area (Å²) in [4.78, 5) is 12.5. The number of esters is 1. The first-order valence-corrected chi connectivity index (χ1v) is 8.82. The Labute approximate surface area is 140 Å². The van der Waals surface area contributed by atoms with Gasteiger partial charge < -0.3 is 14.3 Å². The number of likely N-dealkylation sites (N-methyl/N-ethyl adjacent to an activating group) is 1. The highest BCUT2D eigenvalue weighted by Crippen LogP contribution is 2.46. The van der Waals surface area contributed by atoms with Crippen molar-refractivity contribution in [2.75, 3.05) is 13.7 Å². The zero-order valence-electron chi connectivity index (χ0n) is 15.2. The third-order valence-corrected chi connectivity index (χ3v) is 6.18. The quantitative estimate of drug-likeness (QED) is 0.465. The molecule has 5 atom stereocenters. The number of aliphatic hydroxyl groups is 1. The predicted octanol–water partition coefficient (Wildman–Crippen LogP) is 2.82. The first-order chi connectivity index (χ1) is 10.9. The Kier molecular flexibility index (Phi) is 5.69. The first kappa shape index (κ1) is 18.2. The van der Waals surface area contributed by atoms with Crippen LogP contribution in [-0.2, 0) is 9.53 Å². The molecule has 2 rings (SSSR count). The number of ether oxygens (including phenoxy) is 1. The molecule has 0 aromatic heterocycles. The van der Waals surface area contributed by atoms with Crippen molar-refractivity contribution < 1.29 is 19.1 Å². The van der Waals surface area contributed by atoms with Crippen LogP contribution in [0.1, 0.15) is 47.0 Å². The van der Waals surface area contributed by atoms with Gasteiger partial charge >= 0.3 is 5.97 Å². The van der Waals surface area contributed by atoms with E-state index in [2.05, 4.69) is 20.9 Å². The fourth-order valence-electron chi connectivity index (χ4n) is 4.44. The molecule has 2 fully saturated rings. The number of hydrogen-bond donors (Lipinski definition) is 1. The molecule has 2 aliphatic heterocycles. The van der Waals surface area contributed by atoms with E-state index in [-0.39, 0.29) is 18.7 Å². The van der Waals surface area contributed by atoms with E-state index in [9.17, 15) is 9.90 Å². The van der Waals surface area contributed by atoms with Crippen LogP contribution in [-0.4, -0.2) is 53.4 Å². The topological polar surface area (TPSA) is 46.5 Å². The minimum Gasteiger partial charge on any atom is -0.455 e. The van der Waals surface area contributed by atoms with Crippen LogP contribution in [0.5, 0.6) is 0 Å². The van der Waals surface area contributed by atoms with Gasteiger partial charge in [0, 0.05) is 19.3 Å². The number of hydrogen-bond acceptors (Lipinski definition) is 3. The molecule has 0 amide bonds. The monoisotopic (exact) mass is 322 g/mol. The molecule has 0 aliphatic carbocycles. The first-order valence-electron chi connectivity index (χ1n) is 8.82. The van der Waals surface area contributed by atoms with Gasteiger partial charge in [0.25, 0.3) is 0 Å². The van der Waals surface area contributed by atoms with Crippen LogP contribution in [0, 0.1) is 5.92 Å². The number of allylic oxidation sites excluding steroid dienone is 3. The molecule has 4 nitrogen and oxygen atoms in total. The molecule has 2 bridgehead atoms. The average molecular weight is 322 g/mol. The molecule has 0 radical (unpaired) electrons. The number of carbonyl (C=O) groups is 1. The summed E-state index contributed by atoms with van der Waals surface area (Å²) in [5.41, 5.74) is 0.847. The highest BCUT2D eigenvalue weighted by molar-refractivity contribution is 5.76. The number of carbonyl (C=O) groups excluding carboxylic acids is 1. The SMILES string of the molecule is CC=CC=C(C)C(CO)C(=O)OC1CC2CCC1[N+]2(C)C(C)C. The summed E-state index contributed by atoms with van der Waals surface area (Å²) in [5.74, 6) is -0.832. The standard InChI is InChI=1S/C19H32NO3/c1-6-7-8-14(4)16(12-21)19(22)23-18-11-15-9-10-17(18)20(15,5)13(2)3/h6-8,13,15-18,21H,9-12H2,1-5H3/q+1. The normalized spacial score (nSPS) is 35.3. The molecule has 2 saturated heterocycles. The lowest BCUT2D eigenvalue weighted by Gasteiger charge is -2.39. The maximum absolute atomic E-state index is 12.5. The molecule has 0 saturated carbocycles. The van der Waals surface area contributed by atoms with Gasteiger partial charge in [-0.2, -0.15) is 0 Å². The summed E-state index contributed by atoms with van der Waals surface area (Å²) in [5, 5.41) is 9.59. The Hall–Kier alpha value is -1.13. The van der Waals surface area contributed by atoms with Gasteiger partial charge in [0.05, 0.1) is 25.7 Å². The molecule has 0 aromatic rings. The van der Waals surface area contributed by atoms with E-state index in [0.29, 0.717) is 18.1 Å². The minimum absolute atomic E-state index is 0.00258. The van der Waals surface area contributed by atoms with Crippen molar-refractivity contribution >= 4 is 5.97 Å². The smallest absolute Gasteiger partial charge is 0.315 e. The number of aliphatic hydroxyl groups excluding tert-OH is 1. The highest BCUT2D eigenvalue weighted by atomic mass is 16.5. The van der Waals surface area contributed by atoms with Crippen molar-refractivity contribution in [2.45, 2.75) is 71.2 Å². The lowest BCUT2D eigenvalue weighted by molar-refractivity contribution is -0.951. The van der Waals surface area contributed by atoms with E-state index >= 15 is 0 Å². The summed E-state index contributed by atoms with van der Waals surface area (Å²) in [7, 11) is 2.31. The van der Waals surface area contributed by atoms with Gasteiger partial charge in [-0.1, -0.05) is 23.8 Å². The number of quaternary nitrogens is 1. The largest absolute Gasteiger partial charge is 0.455 e. The second-order valence-corrected chi connectivity index (χ2v) is 7.50. The van der Waals surface area contributed by atoms with E-state index in [1.165, 1.54) is 6.42 Å². The van der Waals surface area contributed by atoms with Crippen LogP contribution in [0.2, 0.25) is 0 Å². The highest BCUT2D eigenvalue weighted by Gasteiger charge is 2.59. The zero-order valence-corrected chi connectivity index (χ0v) is 15.2. The Morgan fingerprint density at radius 3 is 2.61 bits per heavy atom. The second-order valence-electron chi connectivity index (χ2n) is 7.50.